The van der Waals surface area contributed by atoms with Crippen LogP contribution in [0.5, 0.6) is 0 Å². The second kappa shape index (κ2) is 5.91. The number of halogens is 1. The normalized spacial score (nSPS) is 25.1. The van der Waals surface area contributed by atoms with E-state index in [9.17, 15) is 4.39 Å². The standard InChI is InChI=1S/C16H25FN2/c1-11-5-4-6-14(9-11)19(3)16-8-7-13(12(2)18)10-15(16)17/h7-8,10-12,14H,4-6,9,18H2,1-3H3/t11?,12-,14?/m0/s1. The van der Waals surface area contributed by atoms with Crippen molar-refractivity contribution in [3.05, 3.63) is 29.6 Å². The third kappa shape index (κ3) is 3.27. The smallest absolute Gasteiger partial charge is 0.146 e. The summed E-state index contributed by atoms with van der Waals surface area (Å²) in [5.74, 6) is 0.586. The lowest BCUT2D eigenvalue weighted by Gasteiger charge is -2.35. The molecule has 19 heavy (non-hydrogen) atoms. The van der Waals surface area contributed by atoms with Crippen LogP contribution in [0.25, 0.3) is 0 Å². The summed E-state index contributed by atoms with van der Waals surface area (Å²) in [4.78, 5) is 2.11. The first kappa shape index (κ1) is 14.3. The molecule has 1 aromatic rings. The van der Waals surface area contributed by atoms with Crippen LogP contribution in [0.15, 0.2) is 18.2 Å². The summed E-state index contributed by atoms with van der Waals surface area (Å²) < 4.78 is 14.2. The van der Waals surface area contributed by atoms with Gasteiger partial charge in [-0.25, -0.2) is 4.39 Å². The van der Waals surface area contributed by atoms with Gasteiger partial charge in [-0.15, -0.1) is 0 Å². The van der Waals surface area contributed by atoms with E-state index in [-0.39, 0.29) is 11.9 Å². The molecule has 3 atom stereocenters. The maximum Gasteiger partial charge on any atom is 0.146 e. The highest BCUT2D eigenvalue weighted by molar-refractivity contribution is 5.49. The molecule has 3 heteroatoms. The van der Waals surface area contributed by atoms with Crippen molar-refractivity contribution < 1.29 is 4.39 Å². The molecule has 1 aliphatic carbocycles. The quantitative estimate of drug-likeness (QED) is 0.898. The second-order valence-corrected chi connectivity index (χ2v) is 6.04. The molecular weight excluding hydrogens is 239 g/mol. The van der Waals surface area contributed by atoms with E-state index in [1.165, 1.54) is 12.8 Å². The van der Waals surface area contributed by atoms with Crippen LogP contribution >= 0.6 is 0 Å². The average Bonchev–Trinajstić information content (AvgIpc) is 2.37. The highest BCUT2D eigenvalue weighted by Crippen LogP contribution is 2.31. The van der Waals surface area contributed by atoms with Gasteiger partial charge in [0.15, 0.2) is 0 Å². The van der Waals surface area contributed by atoms with E-state index in [0.717, 1.165) is 24.3 Å². The van der Waals surface area contributed by atoms with Crippen LogP contribution in [0.1, 0.15) is 51.1 Å². The van der Waals surface area contributed by atoms with Crippen LogP contribution < -0.4 is 10.6 Å². The lowest BCUT2D eigenvalue weighted by molar-refractivity contribution is 0.335. The topological polar surface area (TPSA) is 29.3 Å². The van der Waals surface area contributed by atoms with Gasteiger partial charge in [0.2, 0.25) is 0 Å². The molecule has 1 aromatic carbocycles. The molecule has 0 amide bonds. The summed E-state index contributed by atoms with van der Waals surface area (Å²) in [5, 5.41) is 0. The fourth-order valence-electron chi connectivity index (χ4n) is 3.04. The molecule has 106 valence electrons. The number of benzene rings is 1. The molecule has 0 aromatic heterocycles. The van der Waals surface area contributed by atoms with Crippen molar-refractivity contribution in [2.24, 2.45) is 11.7 Å². The lowest BCUT2D eigenvalue weighted by Crippen LogP contribution is -2.36. The Morgan fingerprint density at radius 2 is 2.11 bits per heavy atom. The zero-order valence-corrected chi connectivity index (χ0v) is 12.2. The van der Waals surface area contributed by atoms with Gasteiger partial charge in [-0.3, -0.25) is 0 Å². The molecule has 2 N–H and O–H groups in total. The highest BCUT2D eigenvalue weighted by Gasteiger charge is 2.24. The summed E-state index contributed by atoms with van der Waals surface area (Å²) in [6.07, 6.45) is 4.87. The van der Waals surface area contributed by atoms with E-state index in [4.69, 9.17) is 5.73 Å². The van der Waals surface area contributed by atoms with Gasteiger partial charge in [0, 0.05) is 19.1 Å². The summed E-state index contributed by atoms with van der Waals surface area (Å²) in [6, 6.07) is 5.71. The fraction of sp³-hybridized carbons (Fsp3) is 0.625. The van der Waals surface area contributed by atoms with Crippen molar-refractivity contribution in [2.75, 3.05) is 11.9 Å². The van der Waals surface area contributed by atoms with E-state index in [2.05, 4.69) is 11.8 Å². The van der Waals surface area contributed by atoms with Gasteiger partial charge in [0.1, 0.15) is 5.82 Å². The van der Waals surface area contributed by atoms with Gasteiger partial charge >= 0.3 is 0 Å². The van der Waals surface area contributed by atoms with E-state index in [0.29, 0.717) is 11.7 Å². The van der Waals surface area contributed by atoms with E-state index in [1.807, 2.05) is 26.1 Å². The molecule has 0 bridgehead atoms. The first-order valence-electron chi connectivity index (χ1n) is 7.27. The molecule has 1 fully saturated rings. The Morgan fingerprint density at radius 1 is 1.37 bits per heavy atom. The Kier molecular flexibility index (Phi) is 4.46. The predicted octanol–water partition coefficient (Wildman–Crippen LogP) is 3.86. The molecule has 0 heterocycles. The Hall–Kier alpha value is -1.09. The highest BCUT2D eigenvalue weighted by atomic mass is 19.1. The van der Waals surface area contributed by atoms with Gasteiger partial charge in [-0.2, -0.15) is 0 Å². The lowest BCUT2D eigenvalue weighted by atomic mass is 9.86. The number of anilines is 1. The van der Waals surface area contributed by atoms with Crippen molar-refractivity contribution in [3.8, 4) is 0 Å². The zero-order valence-electron chi connectivity index (χ0n) is 12.2. The number of hydrogen-bond acceptors (Lipinski definition) is 2. The SMILES string of the molecule is CC1CCCC(N(C)c2ccc([C@H](C)N)cc2F)C1. The summed E-state index contributed by atoms with van der Waals surface area (Å²) in [6.45, 7) is 4.16. The number of hydrogen-bond donors (Lipinski definition) is 1. The Balaban J connectivity index is 2.16. The van der Waals surface area contributed by atoms with E-state index in [1.54, 1.807) is 6.07 Å². The Morgan fingerprint density at radius 3 is 2.68 bits per heavy atom. The largest absolute Gasteiger partial charge is 0.369 e. The number of rotatable bonds is 3. The molecular formula is C16H25FN2. The first-order valence-corrected chi connectivity index (χ1v) is 7.27. The molecule has 2 rings (SSSR count). The molecule has 0 aliphatic heterocycles. The van der Waals surface area contributed by atoms with Crippen LogP contribution in [0.3, 0.4) is 0 Å². The van der Waals surface area contributed by atoms with Gasteiger partial charge < -0.3 is 10.6 Å². The van der Waals surface area contributed by atoms with Crippen LogP contribution in [-0.4, -0.2) is 13.1 Å². The van der Waals surface area contributed by atoms with Gasteiger partial charge in [-0.05, 0) is 43.4 Å². The molecule has 1 aliphatic rings. The van der Waals surface area contributed by atoms with Crippen molar-refractivity contribution in [3.63, 3.8) is 0 Å². The first-order chi connectivity index (χ1) is 8.99. The van der Waals surface area contributed by atoms with Crippen molar-refractivity contribution in [1.82, 2.24) is 0 Å². The molecule has 2 nitrogen and oxygen atoms in total. The Labute approximate surface area is 115 Å². The monoisotopic (exact) mass is 264 g/mol. The van der Waals surface area contributed by atoms with Crippen LogP contribution in [-0.2, 0) is 0 Å². The van der Waals surface area contributed by atoms with Crippen molar-refractivity contribution >= 4 is 5.69 Å². The van der Waals surface area contributed by atoms with Crippen LogP contribution in [0.4, 0.5) is 10.1 Å². The zero-order chi connectivity index (χ0) is 14.0. The molecule has 2 unspecified atom stereocenters. The second-order valence-electron chi connectivity index (χ2n) is 6.04. The third-order valence-corrected chi connectivity index (χ3v) is 4.33. The Bertz CT molecular complexity index is 431. The van der Waals surface area contributed by atoms with Crippen molar-refractivity contribution in [2.45, 2.75) is 51.6 Å². The van der Waals surface area contributed by atoms with Crippen molar-refractivity contribution in [1.29, 1.82) is 0 Å². The van der Waals surface area contributed by atoms with Gasteiger partial charge in [0.05, 0.1) is 5.69 Å². The summed E-state index contributed by atoms with van der Waals surface area (Å²) in [7, 11) is 2.01. The number of nitrogens with zero attached hydrogens (tertiary/aromatic N) is 1. The minimum atomic E-state index is -0.157. The minimum Gasteiger partial charge on any atom is -0.369 e. The maximum absolute atomic E-state index is 14.2. The van der Waals surface area contributed by atoms with E-state index < -0.39 is 0 Å². The van der Waals surface area contributed by atoms with E-state index >= 15 is 0 Å². The van der Waals surface area contributed by atoms with Crippen LogP contribution in [0.2, 0.25) is 0 Å². The molecule has 0 saturated heterocycles. The number of nitrogens with two attached hydrogens (primary N) is 1. The fourth-order valence-corrected chi connectivity index (χ4v) is 3.04. The summed E-state index contributed by atoms with van der Waals surface area (Å²) >= 11 is 0. The minimum absolute atomic E-state index is 0.122. The van der Waals surface area contributed by atoms with Gasteiger partial charge in [-0.1, -0.05) is 25.8 Å². The molecule has 0 spiro atoms. The predicted molar refractivity (Wildman–Crippen MR) is 78.8 cm³/mol. The molecule has 1 saturated carbocycles. The van der Waals surface area contributed by atoms with Crippen LogP contribution in [0, 0.1) is 11.7 Å². The average molecular weight is 264 g/mol. The molecule has 0 radical (unpaired) electrons. The summed E-state index contributed by atoms with van der Waals surface area (Å²) in [5.41, 5.74) is 7.34. The maximum atomic E-state index is 14.2. The third-order valence-electron chi connectivity index (χ3n) is 4.33. The van der Waals surface area contributed by atoms with Gasteiger partial charge in [0.25, 0.3) is 0 Å².